The number of thioether (sulfide) groups is 2. The second-order valence-corrected chi connectivity index (χ2v) is 13.4. The van der Waals surface area contributed by atoms with E-state index in [1.54, 1.807) is 35.1 Å². The van der Waals surface area contributed by atoms with Crippen LogP contribution < -0.4 is 10.2 Å². The molecule has 8 bridgehead atoms. The molecule has 11 heteroatoms. The summed E-state index contributed by atoms with van der Waals surface area (Å²) in [6.07, 6.45) is 4.94. The van der Waals surface area contributed by atoms with Crippen LogP contribution in [0.4, 0.5) is 0 Å². The Balaban J connectivity index is 1.37. The molecule has 2 aromatic heterocycles. The van der Waals surface area contributed by atoms with Crippen molar-refractivity contribution in [3.63, 3.8) is 0 Å². The first kappa shape index (κ1) is 31.1. The lowest BCUT2D eigenvalue weighted by Gasteiger charge is -2.12. The SMILES string of the molecule is C/C1=C\c2c(Cl)ccc3c(c(C(=O)O)n(C)c23)CCCOc2cc(cc3ccccc23)SCc2cc(nn2C)CSC/C=N/N1. The molecule has 3 aromatic carbocycles. The van der Waals surface area contributed by atoms with E-state index in [0.29, 0.717) is 24.5 Å². The van der Waals surface area contributed by atoms with Crippen molar-refractivity contribution in [1.82, 2.24) is 19.8 Å². The Morgan fingerprint density at radius 2 is 1.93 bits per heavy atom. The molecule has 2 N–H and O–H groups in total. The molecular weight excluding hydrogens is 626 g/mol. The fourth-order valence-corrected chi connectivity index (χ4v) is 7.60. The third-order valence-electron chi connectivity index (χ3n) is 7.82. The molecule has 45 heavy (non-hydrogen) atoms. The largest absolute Gasteiger partial charge is 0.493 e. The van der Waals surface area contributed by atoms with Gasteiger partial charge in [-0.2, -0.15) is 10.2 Å². The van der Waals surface area contributed by atoms with Crippen molar-refractivity contribution in [2.75, 3.05) is 12.4 Å². The van der Waals surface area contributed by atoms with Crippen molar-refractivity contribution in [3.8, 4) is 5.75 Å². The van der Waals surface area contributed by atoms with E-state index >= 15 is 0 Å². The number of benzene rings is 3. The zero-order valence-electron chi connectivity index (χ0n) is 25.3. The van der Waals surface area contributed by atoms with Crippen LogP contribution in [0.25, 0.3) is 27.8 Å². The maximum Gasteiger partial charge on any atom is 0.352 e. The zero-order valence-corrected chi connectivity index (χ0v) is 27.7. The Morgan fingerprint density at radius 3 is 2.78 bits per heavy atom. The third-order valence-corrected chi connectivity index (χ3v) is 10.0. The molecule has 1 aliphatic rings. The fourth-order valence-electron chi connectivity index (χ4n) is 5.76. The molecule has 3 heterocycles. The number of ether oxygens (including phenoxy) is 1. The van der Waals surface area contributed by atoms with E-state index in [9.17, 15) is 9.90 Å². The van der Waals surface area contributed by atoms with Gasteiger partial charge in [0.15, 0.2) is 0 Å². The first-order valence-corrected chi connectivity index (χ1v) is 17.2. The van der Waals surface area contributed by atoms with Gasteiger partial charge < -0.3 is 14.4 Å². The third kappa shape index (κ3) is 6.73. The number of hydrogen-bond donors (Lipinski definition) is 2. The predicted octanol–water partition coefficient (Wildman–Crippen LogP) is 7.90. The average molecular weight is 660 g/mol. The van der Waals surface area contributed by atoms with Gasteiger partial charge >= 0.3 is 5.97 Å². The summed E-state index contributed by atoms with van der Waals surface area (Å²) < 4.78 is 10.1. The number of halogens is 1. The number of aromatic nitrogens is 3. The van der Waals surface area contributed by atoms with Crippen LogP contribution in [0.5, 0.6) is 5.75 Å². The summed E-state index contributed by atoms with van der Waals surface area (Å²) in [4.78, 5) is 13.6. The van der Waals surface area contributed by atoms with Crippen molar-refractivity contribution in [3.05, 3.63) is 93.5 Å². The van der Waals surface area contributed by atoms with Crippen LogP contribution in [-0.2, 0) is 32.0 Å². The van der Waals surface area contributed by atoms with E-state index < -0.39 is 5.97 Å². The number of nitrogens with zero attached hydrogens (tertiary/aromatic N) is 4. The average Bonchev–Trinajstić information content (AvgIpc) is 3.52. The summed E-state index contributed by atoms with van der Waals surface area (Å²) in [5.74, 6) is 2.15. The lowest BCUT2D eigenvalue weighted by atomic mass is 10.0. The van der Waals surface area contributed by atoms with E-state index in [-0.39, 0.29) is 5.69 Å². The van der Waals surface area contributed by atoms with Crippen LogP contribution in [-0.4, -0.2) is 44.0 Å². The number of carboxylic acid groups (broad SMARTS) is 1. The molecule has 0 fully saturated rings. The molecule has 0 saturated heterocycles. The van der Waals surface area contributed by atoms with Crippen molar-refractivity contribution >= 4 is 75.1 Å². The molecule has 6 rings (SSSR count). The number of carbonyl (C=O) groups is 1. The normalized spacial score (nSPS) is 16.8. The van der Waals surface area contributed by atoms with Crippen LogP contribution in [0, 0.1) is 0 Å². The maximum absolute atomic E-state index is 12.5. The molecule has 0 atom stereocenters. The van der Waals surface area contributed by atoms with Gasteiger partial charge in [0.25, 0.3) is 0 Å². The quantitative estimate of drug-likeness (QED) is 0.189. The molecule has 0 amide bonds. The minimum atomic E-state index is -0.971. The number of fused-ring (bicyclic) bond motifs is 6. The van der Waals surface area contributed by atoms with Crippen LogP contribution in [0.15, 0.2) is 70.3 Å². The van der Waals surface area contributed by atoms with E-state index in [1.807, 2.05) is 55.2 Å². The zero-order chi connectivity index (χ0) is 31.5. The summed E-state index contributed by atoms with van der Waals surface area (Å²) in [7, 11) is 3.77. The van der Waals surface area contributed by atoms with Gasteiger partial charge in [0.1, 0.15) is 11.4 Å². The highest BCUT2D eigenvalue weighted by molar-refractivity contribution is 7.99. The molecule has 8 nitrogen and oxygen atoms in total. The van der Waals surface area contributed by atoms with Gasteiger partial charge in [-0.25, -0.2) is 4.79 Å². The maximum atomic E-state index is 12.5. The number of allylic oxidation sites excluding steroid dienone is 1. The Labute approximate surface area is 275 Å². The fraction of sp³-hybridized carbons (Fsp3) is 0.265. The van der Waals surface area contributed by atoms with Crippen molar-refractivity contribution in [2.24, 2.45) is 19.2 Å². The first-order valence-electron chi connectivity index (χ1n) is 14.7. The van der Waals surface area contributed by atoms with Gasteiger partial charge in [-0.3, -0.25) is 10.1 Å². The lowest BCUT2D eigenvalue weighted by molar-refractivity contribution is 0.0685. The first-order chi connectivity index (χ1) is 21.8. The second-order valence-electron chi connectivity index (χ2n) is 10.9. The Bertz CT molecular complexity index is 1960. The molecule has 1 aliphatic heterocycles. The summed E-state index contributed by atoms with van der Waals surface area (Å²) in [6, 6.07) is 18.5. The van der Waals surface area contributed by atoms with Gasteiger partial charge in [0.2, 0.25) is 0 Å². The molecule has 0 spiro atoms. The van der Waals surface area contributed by atoms with Gasteiger partial charge in [-0.15, -0.1) is 23.5 Å². The molecule has 0 unspecified atom stereocenters. The van der Waals surface area contributed by atoms with Gasteiger partial charge in [0, 0.05) is 75.2 Å². The Hall–Kier alpha value is -3.86. The number of hydrogen-bond acceptors (Lipinski definition) is 7. The van der Waals surface area contributed by atoms with Crippen molar-refractivity contribution in [2.45, 2.75) is 36.2 Å². The topological polar surface area (TPSA) is 93.7 Å². The minimum Gasteiger partial charge on any atom is -0.493 e. The Kier molecular flexibility index (Phi) is 9.44. The molecule has 0 radical (unpaired) electrons. The van der Waals surface area contributed by atoms with Gasteiger partial charge in [0.05, 0.1) is 17.8 Å². The highest BCUT2D eigenvalue weighted by Gasteiger charge is 2.23. The molecule has 0 saturated carbocycles. The molecule has 232 valence electrons. The van der Waals surface area contributed by atoms with E-state index in [0.717, 1.165) is 77.8 Å². The predicted molar refractivity (Wildman–Crippen MR) is 187 cm³/mol. The van der Waals surface area contributed by atoms with Crippen LogP contribution in [0.3, 0.4) is 0 Å². The minimum absolute atomic E-state index is 0.259. The monoisotopic (exact) mass is 659 g/mol. The summed E-state index contributed by atoms with van der Waals surface area (Å²) >= 11 is 10.2. The molecule has 5 aromatic rings. The van der Waals surface area contributed by atoms with E-state index in [1.165, 1.54) is 0 Å². The number of rotatable bonds is 1. The second kappa shape index (κ2) is 13.6. The summed E-state index contributed by atoms with van der Waals surface area (Å²) in [5, 5.41) is 22.9. The number of hydrazone groups is 1. The van der Waals surface area contributed by atoms with Gasteiger partial charge in [-0.1, -0.05) is 41.9 Å². The lowest BCUT2D eigenvalue weighted by Crippen LogP contribution is -2.09. The molecular formula is C34H34ClN5O3S2. The van der Waals surface area contributed by atoms with E-state index in [2.05, 4.69) is 40.9 Å². The van der Waals surface area contributed by atoms with Crippen LogP contribution in [0.1, 0.15) is 46.3 Å². The standard InChI is InChI=1S/C34H34ClN5O3S2/c1-21-15-29-30(35)11-10-28-27(33(34(41)42)39(2)32(28)29)9-6-13-43-31-18-25(16-22-7-4-5-8-26(22)31)45-20-24-17-23(38-40(24)3)19-44-14-12-36-37-21/h4-5,7-8,10-12,15-18,37H,6,9,13-14,19-20H2,1-3H3,(H,41,42)/b21-15+,36-12+. The van der Waals surface area contributed by atoms with Gasteiger partial charge in [-0.05, 0) is 61.1 Å². The molecule has 0 aliphatic carbocycles. The van der Waals surface area contributed by atoms with Crippen molar-refractivity contribution in [1.29, 1.82) is 0 Å². The number of aryl methyl sites for hydroxylation is 3. The van der Waals surface area contributed by atoms with Crippen LogP contribution >= 0.6 is 35.1 Å². The van der Waals surface area contributed by atoms with Crippen LogP contribution in [0.2, 0.25) is 5.02 Å². The van der Waals surface area contributed by atoms with Crippen molar-refractivity contribution < 1.29 is 14.6 Å². The van der Waals surface area contributed by atoms with E-state index in [4.69, 9.17) is 21.4 Å². The number of carboxylic acids is 1. The summed E-state index contributed by atoms with van der Waals surface area (Å²) in [5.41, 5.74) is 8.62. The Morgan fingerprint density at radius 1 is 1.09 bits per heavy atom. The highest BCUT2D eigenvalue weighted by Crippen LogP contribution is 2.36. The number of aromatic carboxylic acids is 1. The number of nitrogens with one attached hydrogen (secondary N) is 1. The highest BCUT2D eigenvalue weighted by atomic mass is 35.5. The summed E-state index contributed by atoms with van der Waals surface area (Å²) in [6.45, 7) is 2.35. The smallest absolute Gasteiger partial charge is 0.352 e.